The third kappa shape index (κ3) is 6.67. The van der Waals surface area contributed by atoms with Gasteiger partial charge in [0, 0.05) is 65.2 Å². The Morgan fingerprint density at radius 3 is 1.05 bits per heavy atom. The van der Waals surface area contributed by atoms with E-state index in [2.05, 4.69) is 13.8 Å². The molecule has 0 aromatic heterocycles. The molecule has 21 heavy (non-hydrogen) atoms. The maximum atomic E-state index is 5.47. The fourth-order valence-corrected chi connectivity index (χ4v) is 8.39. The van der Waals surface area contributed by atoms with E-state index >= 15 is 0 Å². The molecule has 0 aromatic carbocycles. The zero-order chi connectivity index (χ0) is 16.5. The van der Waals surface area contributed by atoms with Gasteiger partial charge < -0.3 is 26.6 Å². The third-order valence-corrected chi connectivity index (χ3v) is 11.2. The Kier molecular flexibility index (Phi) is 10.6. The minimum atomic E-state index is -2.53. The van der Waals surface area contributed by atoms with Crippen molar-refractivity contribution >= 4 is 29.4 Å². The van der Waals surface area contributed by atoms with E-state index in [0.717, 1.165) is 12.1 Å². The number of rotatable bonds is 12. The predicted octanol–water partition coefficient (Wildman–Crippen LogP) is 2.25. The first kappa shape index (κ1) is 21.5. The topological polar surface area (TPSA) is 55.4 Å². The summed E-state index contributed by atoms with van der Waals surface area (Å²) in [6.07, 6.45) is 0. The van der Waals surface area contributed by atoms with E-state index in [0.29, 0.717) is 10.5 Å². The smallest absolute Gasteiger partial charge is 0.377 e. The van der Waals surface area contributed by atoms with Crippen LogP contribution in [-0.2, 0) is 26.6 Å². The maximum Gasteiger partial charge on any atom is 0.501 e. The summed E-state index contributed by atoms with van der Waals surface area (Å²) in [6, 6.07) is 1.51. The Balaban J connectivity index is 4.53. The summed E-state index contributed by atoms with van der Waals surface area (Å²) in [7, 11) is 4.76. The van der Waals surface area contributed by atoms with Gasteiger partial charge in [-0.1, -0.05) is 13.8 Å². The van der Waals surface area contributed by atoms with Crippen LogP contribution in [0.4, 0.5) is 0 Å². The summed E-state index contributed by atoms with van der Waals surface area (Å²) >= 11 is 1.83. The molecule has 0 fully saturated rings. The molecule has 0 saturated heterocycles. The van der Waals surface area contributed by atoms with Crippen molar-refractivity contribution in [1.29, 1.82) is 0 Å². The Hall–Kier alpha value is 0.544. The van der Waals surface area contributed by atoms with Crippen LogP contribution < -0.4 is 0 Å². The Bertz CT molecular complexity index is 234. The lowest BCUT2D eigenvalue weighted by Gasteiger charge is -2.30. The molecule has 0 bridgehead atoms. The summed E-state index contributed by atoms with van der Waals surface area (Å²) in [4.78, 5) is 0. The first-order valence-corrected chi connectivity index (χ1v) is 11.6. The van der Waals surface area contributed by atoms with E-state index in [9.17, 15) is 0 Å². The van der Waals surface area contributed by atoms with E-state index in [-0.39, 0.29) is 0 Å². The normalized spacial score (nSPS) is 16.0. The second-order valence-electron chi connectivity index (χ2n) is 4.76. The van der Waals surface area contributed by atoms with Crippen LogP contribution in [0.2, 0.25) is 12.1 Å². The van der Waals surface area contributed by atoms with Crippen LogP contribution in [0, 0.1) is 0 Å². The molecular formula is C12H30O6SSi2. The second kappa shape index (κ2) is 10.3. The molecule has 0 aliphatic carbocycles. The molecule has 6 nitrogen and oxygen atoms in total. The molecule has 0 saturated carbocycles. The molecule has 0 spiro atoms. The Labute approximate surface area is 135 Å². The highest BCUT2D eigenvalue weighted by Crippen LogP contribution is 2.31. The Morgan fingerprint density at radius 2 is 0.857 bits per heavy atom. The van der Waals surface area contributed by atoms with E-state index in [1.54, 1.807) is 42.7 Å². The number of hydrogen-bond acceptors (Lipinski definition) is 7. The molecule has 0 N–H and O–H groups in total. The predicted molar refractivity (Wildman–Crippen MR) is 89.7 cm³/mol. The van der Waals surface area contributed by atoms with Gasteiger partial charge in [0.05, 0.1) is 0 Å². The largest absolute Gasteiger partial charge is 0.501 e. The van der Waals surface area contributed by atoms with Crippen LogP contribution in [0.1, 0.15) is 13.8 Å². The monoisotopic (exact) mass is 358 g/mol. The molecule has 2 unspecified atom stereocenters. The lowest BCUT2D eigenvalue weighted by Crippen LogP contribution is -2.46. The molecular weight excluding hydrogens is 328 g/mol. The van der Waals surface area contributed by atoms with E-state index in [1.807, 2.05) is 11.8 Å². The standard InChI is InChI=1S/C12H30O6SSi2/c1-11(9-20(13-3,14-4)15-5)19-12(2)10-21(16-6,17-7)18-8/h11-12H,9-10H2,1-8H3. The van der Waals surface area contributed by atoms with E-state index in [1.165, 1.54) is 0 Å². The molecule has 0 amide bonds. The van der Waals surface area contributed by atoms with Crippen molar-refractivity contribution in [2.45, 2.75) is 36.4 Å². The molecule has 0 aliphatic heterocycles. The van der Waals surface area contributed by atoms with Crippen LogP contribution >= 0.6 is 11.8 Å². The zero-order valence-corrected chi connectivity index (χ0v) is 17.2. The molecule has 0 heterocycles. The Morgan fingerprint density at radius 1 is 0.619 bits per heavy atom. The van der Waals surface area contributed by atoms with Gasteiger partial charge in [-0.2, -0.15) is 11.8 Å². The van der Waals surface area contributed by atoms with Crippen LogP contribution in [0.5, 0.6) is 0 Å². The summed E-state index contributed by atoms with van der Waals surface area (Å²) in [6.45, 7) is 4.30. The summed E-state index contributed by atoms with van der Waals surface area (Å²) in [5.74, 6) is 0. The summed E-state index contributed by atoms with van der Waals surface area (Å²) in [5.41, 5.74) is 0. The molecule has 9 heteroatoms. The zero-order valence-electron chi connectivity index (χ0n) is 14.4. The van der Waals surface area contributed by atoms with E-state index in [4.69, 9.17) is 26.6 Å². The minimum Gasteiger partial charge on any atom is -0.377 e. The molecule has 0 rings (SSSR count). The first-order chi connectivity index (χ1) is 9.86. The van der Waals surface area contributed by atoms with Gasteiger partial charge in [0.2, 0.25) is 0 Å². The van der Waals surface area contributed by atoms with Gasteiger partial charge >= 0.3 is 17.6 Å². The highest BCUT2D eigenvalue weighted by atomic mass is 32.2. The highest BCUT2D eigenvalue weighted by molar-refractivity contribution is 8.00. The van der Waals surface area contributed by atoms with Gasteiger partial charge in [0.15, 0.2) is 0 Å². The lowest BCUT2D eigenvalue weighted by molar-refractivity contribution is 0.124. The van der Waals surface area contributed by atoms with Crippen molar-refractivity contribution in [3.8, 4) is 0 Å². The fraction of sp³-hybridized carbons (Fsp3) is 1.00. The second-order valence-corrected chi connectivity index (χ2v) is 12.6. The van der Waals surface area contributed by atoms with Crippen LogP contribution in [-0.4, -0.2) is 70.8 Å². The molecule has 128 valence electrons. The summed E-state index contributed by atoms with van der Waals surface area (Å²) in [5, 5.41) is 0.674. The number of thioether (sulfide) groups is 1. The first-order valence-electron chi connectivity index (χ1n) is 6.82. The molecule has 0 aromatic rings. The molecule has 0 radical (unpaired) electrons. The van der Waals surface area contributed by atoms with Gasteiger partial charge in [-0.05, 0) is 0 Å². The minimum absolute atomic E-state index is 0.337. The van der Waals surface area contributed by atoms with Crippen molar-refractivity contribution in [3.05, 3.63) is 0 Å². The summed E-state index contributed by atoms with van der Waals surface area (Å²) < 4.78 is 32.8. The van der Waals surface area contributed by atoms with Crippen LogP contribution in [0.3, 0.4) is 0 Å². The van der Waals surface area contributed by atoms with Crippen molar-refractivity contribution in [1.82, 2.24) is 0 Å². The van der Waals surface area contributed by atoms with Gasteiger partial charge in [0.25, 0.3) is 0 Å². The highest BCUT2D eigenvalue weighted by Gasteiger charge is 2.42. The van der Waals surface area contributed by atoms with Crippen LogP contribution in [0.25, 0.3) is 0 Å². The van der Waals surface area contributed by atoms with Gasteiger partial charge in [-0.3, -0.25) is 0 Å². The SMILES string of the molecule is CO[Si](CC(C)SC(C)C[Si](OC)(OC)OC)(OC)OC. The molecule has 2 atom stereocenters. The van der Waals surface area contributed by atoms with Crippen molar-refractivity contribution in [2.75, 3.05) is 42.7 Å². The van der Waals surface area contributed by atoms with Crippen LogP contribution in [0.15, 0.2) is 0 Å². The van der Waals surface area contributed by atoms with Gasteiger partial charge in [0.1, 0.15) is 0 Å². The van der Waals surface area contributed by atoms with Gasteiger partial charge in [-0.25, -0.2) is 0 Å². The average molecular weight is 359 g/mol. The molecule has 0 aliphatic rings. The maximum absolute atomic E-state index is 5.47. The fourth-order valence-electron chi connectivity index (χ4n) is 2.20. The van der Waals surface area contributed by atoms with Crippen molar-refractivity contribution in [3.63, 3.8) is 0 Å². The van der Waals surface area contributed by atoms with E-state index < -0.39 is 17.6 Å². The van der Waals surface area contributed by atoms with Crippen molar-refractivity contribution in [2.24, 2.45) is 0 Å². The number of hydrogen-bond donors (Lipinski definition) is 0. The average Bonchev–Trinajstić information content (AvgIpc) is 2.50. The lowest BCUT2D eigenvalue weighted by atomic mass is 10.5. The third-order valence-electron chi connectivity index (χ3n) is 3.41. The van der Waals surface area contributed by atoms with Gasteiger partial charge in [-0.15, -0.1) is 0 Å². The van der Waals surface area contributed by atoms with Crippen molar-refractivity contribution < 1.29 is 26.6 Å². The quantitative estimate of drug-likeness (QED) is 0.496.